The number of hydrogen-bond acceptors (Lipinski definition) is 7. The molecule has 1 saturated heterocycles. The Morgan fingerprint density at radius 3 is 2.73 bits per heavy atom. The SMILES string of the molecule is O=C1c2cn(-c3ccc(N4CC[C@@H](F)C4)nn3)nc2CN1c1cncs1. The lowest BCUT2D eigenvalue weighted by molar-refractivity contribution is 0.0997. The molecule has 5 rings (SSSR count). The first kappa shape index (κ1) is 15.4. The second-order valence-electron chi connectivity index (χ2n) is 6.25. The molecule has 10 heteroatoms. The van der Waals surface area contributed by atoms with Gasteiger partial charge in [-0.2, -0.15) is 5.10 Å². The van der Waals surface area contributed by atoms with Crippen molar-refractivity contribution in [1.29, 1.82) is 0 Å². The van der Waals surface area contributed by atoms with Crippen molar-refractivity contribution in [2.45, 2.75) is 19.1 Å². The normalized spacial score (nSPS) is 19.4. The van der Waals surface area contributed by atoms with Crippen LogP contribution in [0.15, 0.2) is 30.0 Å². The summed E-state index contributed by atoms with van der Waals surface area (Å²) in [4.78, 5) is 20.1. The number of aromatic nitrogens is 5. The van der Waals surface area contributed by atoms with Gasteiger partial charge in [-0.05, 0) is 18.6 Å². The van der Waals surface area contributed by atoms with Crippen LogP contribution in [-0.4, -0.2) is 50.1 Å². The van der Waals surface area contributed by atoms with E-state index in [1.807, 2.05) is 4.90 Å². The predicted octanol–water partition coefficient (Wildman–Crippen LogP) is 1.83. The highest BCUT2D eigenvalue weighted by atomic mass is 32.1. The highest BCUT2D eigenvalue weighted by molar-refractivity contribution is 7.14. The van der Waals surface area contributed by atoms with Gasteiger partial charge in [-0.25, -0.2) is 9.07 Å². The number of nitrogens with zero attached hydrogens (tertiary/aromatic N) is 7. The zero-order chi connectivity index (χ0) is 17.7. The summed E-state index contributed by atoms with van der Waals surface area (Å²) in [5, 5.41) is 13.6. The molecule has 1 fully saturated rings. The number of alkyl halides is 1. The molecule has 0 spiro atoms. The fraction of sp³-hybridized carbons (Fsp3) is 0.312. The van der Waals surface area contributed by atoms with Crippen molar-refractivity contribution in [3.63, 3.8) is 0 Å². The maximum atomic E-state index is 13.3. The van der Waals surface area contributed by atoms with Crippen LogP contribution in [0.4, 0.5) is 15.2 Å². The van der Waals surface area contributed by atoms with Crippen LogP contribution in [0.3, 0.4) is 0 Å². The van der Waals surface area contributed by atoms with E-state index < -0.39 is 6.17 Å². The molecule has 8 nitrogen and oxygen atoms in total. The third-order valence-corrected chi connectivity index (χ3v) is 5.38. The van der Waals surface area contributed by atoms with E-state index >= 15 is 0 Å². The van der Waals surface area contributed by atoms with Gasteiger partial charge in [0.05, 0.1) is 36.1 Å². The monoisotopic (exact) mass is 371 g/mol. The van der Waals surface area contributed by atoms with Crippen LogP contribution in [0.1, 0.15) is 22.5 Å². The van der Waals surface area contributed by atoms with Gasteiger partial charge >= 0.3 is 0 Å². The first-order chi connectivity index (χ1) is 12.7. The second-order valence-corrected chi connectivity index (χ2v) is 7.11. The first-order valence-electron chi connectivity index (χ1n) is 8.21. The molecule has 5 heterocycles. The van der Waals surface area contributed by atoms with Gasteiger partial charge in [0.15, 0.2) is 11.6 Å². The lowest BCUT2D eigenvalue weighted by Crippen LogP contribution is -2.23. The average Bonchev–Trinajstić information content (AvgIpc) is 3.41. The number of hydrogen-bond donors (Lipinski definition) is 0. The molecule has 0 unspecified atom stereocenters. The summed E-state index contributed by atoms with van der Waals surface area (Å²) in [5.74, 6) is 1.09. The third-order valence-electron chi connectivity index (χ3n) is 4.59. The molecule has 3 aromatic heterocycles. The van der Waals surface area contributed by atoms with Crippen LogP contribution in [0.5, 0.6) is 0 Å². The maximum absolute atomic E-state index is 13.3. The number of anilines is 2. The number of thiazole rings is 1. The average molecular weight is 371 g/mol. The molecule has 0 aromatic carbocycles. The van der Waals surface area contributed by atoms with E-state index in [4.69, 9.17) is 0 Å². The number of carbonyl (C=O) groups excluding carboxylic acids is 1. The van der Waals surface area contributed by atoms with Crippen molar-refractivity contribution in [1.82, 2.24) is 25.0 Å². The van der Waals surface area contributed by atoms with Crippen molar-refractivity contribution in [2.24, 2.45) is 0 Å². The van der Waals surface area contributed by atoms with E-state index in [1.165, 1.54) is 11.3 Å². The number of amides is 1. The molecule has 132 valence electrons. The van der Waals surface area contributed by atoms with Gasteiger partial charge in [0.2, 0.25) is 0 Å². The highest BCUT2D eigenvalue weighted by Crippen LogP contribution is 2.30. The molecule has 1 amide bonds. The van der Waals surface area contributed by atoms with Crippen LogP contribution in [0, 0.1) is 0 Å². The summed E-state index contributed by atoms with van der Waals surface area (Å²) >= 11 is 1.42. The molecule has 0 bridgehead atoms. The van der Waals surface area contributed by atoms with E-state index in [-0.39, 0.29) is 5.91 Å². The maximum Gasteiger partial charge on any atom is 0.262 e. The van der Waals surface area contributed by atoms with E-state index in [9.17, 15) is 9.18 Å². The fourth-order valence-electron chi connectivity index (χ4n) is 3.24. The molecule has 1 atom stereocenters. The molecular weight excluding hydrogens is 357 g/mol. The summed E-state index contributed by atoms with van der Waals surface area (Å²) in [6.45, 7) is 1.42. The van der Waals surface area contributed by atoms with Crippen LogP contribution in [-0.2, 0) is 6.54 Å². The zero-order valence-corrected chi connectivity index (χ0v) is 14.4. The Kier molecular flexibility index (Phi) is 3.45. The molecule has 2 aliphatic rings. The first-order valence-corrected chi connectivity index (χ1v) is 9.09. The summed E-state index contributed by atoms with van der Waals surface area (Å²) in [7, 11) is 0. The third kappa shape index (κ3) is 2.45. The Morgan fingerprint density at radius 2 is 2.08 bits per heavy atom. The van der Waals surface area contributed by atoms with Gasteiger partial charge in [0.1, 0.15) is 11.2 Å². The Morgan fingerprint density at radius 1 is 1.23 bits per heavy atom. The van der Waals surface area contributed by atoms with Gasteiger partial charge in [0.25, 0.3) is 5.91 Å². The minimum Gasteiger partial charge on any atom is -0.352 e. The Labute approximate surface area is 151 Å². The van der Waals surface area contributed by atoms with Crippen molar-refractivity contribution in [2.75, 3.05) is 22.9 Å². The summed E-state index contributed by atoms with van der Waals surface area (Å²) in [5.41, 5.74) is 2.96. The summed E-state index contributed by atoms with van der Waals surface area (Å²) in [6.07, 6.45) is 3.06. The van der Waals surface area contributed by atoms with Crippen molar-refractivity contribution >= 4 is 28.1 Å². The lowest BCUT2D eigenvalue weighted by Gasteiger charge is -2.15. The minimum absolute atomic E-state index is 0.0915. The Balaban J connectivity index is 1.37. The number of carbonyl (C=O) groups is 1. The topological polar surface area (TPSA) is 80.0 Å². The van der Waals surface area contributed by atoms with Gasteiger partial charge in [-0.3, -0.25) is 14.7 Å². The zero-order valence-electron chi connectivity index (χ0n) is 13.6. The van der Waals surface area contributed by atoms with Crippen LogP contribution >= 0.6 is 11.3 Å². The van der Waals surface area contributed by atoms with E-state index in [1.54, 1.807) is 39.6 Å². The number of fused-ring (bicyclic) bond motifs is 1. The highest BCUT2D eigenvalue weighted by Gasteiger charge is 2.33. The molecule has 0 aliphatic carbocycles. The van der Waals surface area contributed by atoms with Gasteiger partial charge in [-0.15, -0.1) is 21.5 Å². The van der Waals surface area contributed by atoms with E-state index in [0.29, 0.717) is 48.9 Å². The minimum atomic E-state index is -0.807. The Hall–Kier alpha value is -2.88. The molecular formula is C16H14FN7OS. The van der Waals surface area contributed by atoms with Crippen molar-refractivity contribution in [3.8, 4) is 5.82 Å². The molecule has 0 radical (unpaired) electrons. The van der Waals surface area contributed by atoms with Gasteiger partial charge in [0, 0.05) is 12.7 Å². The fourth-order valence-corrected chi connectivity index (χ4v) is 3.87. The van der Waals surface area contributed by atoms with Gasteiger partial charge in [-0.1, -0.05) is 0 Å². The quantitative estimate of drug-likeness (QED) is 0.699. The molecule has 0 saturated carbocycles. The molecule has 26 heavy (non-hydrogen) atoms. The van der Waals surface area contributed by atoms with Crippen LogP contribution in [0.25, 0.3) is 5.82 Å². The van der Waals surface area contributed by atoms with Gasteiger partial charge < -0.3 is 4.90 Å². The summed E-state index contributed by atoms with van der Waals surface area (Å²) in [6, 6.07) is 3.58. The smallest absolute Gasteiger partial charge is 0.262 e. The standard InChI is InChI=1S/C16H14FN7OS/c17-10-3-4-22(6-10)13-1-2-14(20-19-13)24-7-11-12(21-24)8-23(16(11)25)15-5-18-9-26-15/h1-2,5,7,9-10H,3-4,6,8H2/t10-/m1/s1. The van der Waals surface area contributed by atoms with Crippen molar-refractivity contribution < 1.29 is 9.18 Å². The lowest BCUT2D eigenvalue weighted by atomic mass is 10.3. The molecule has 0 N–H and O–H groups in total. The van der Waals surface area contributed by atoms with E-state index in [0.717, 1.165) is 5.00 Å². The molecule has 3 aromatic rings. The molecule has 2 aliphatic heterocycles. The van der Waals surface area contributed by atoms with Crippen LogP contribution < -0.4 is 9.80 Å². The largest absolute Gasteiger partial charge is 0.352 e. The number of halogens is 1. The van der Waals surface area contributed by atoms with E-state index in [2.05, 4.69) is 20.3 Å². The second kappa shape index (κ2) is 5.84. The number of rotatable bonds is 3. The van der Waals surface area contributed by atoms with Crippen LogP contribution in [0.2, 0.25) is 0 Å². The predicted molar refractivity (Wildman–Crippen MR) is 93.5 cm³/mol. The Bertz CT molecular complexity index is 956. The van der Waals surface area contributed by atoms with Crippen molar-refractivity contribution in [3.05, 3.63) is 41.3 Å². The summed E-state index contributed by atoms with van der Waals surface area (Å²) < 4.78 is 14.9.